The van der Waals surface area contributed by atoms with E-state index in [1.165, 1.54) is 0 Å². The Morgan fingerprint density at radius 3 is 2.67 bits per heavy atom. The van der Waals surface area contributed by atoms with Gasteiger partial charge in [-0.2, -0.15) is 0 Å². The Morgan fingerprint density at radius 1 is 1.03 bits per heavy atom. The van der Waals surface area contributed by atoms with Gasteiger partial charge in [-0.15, -0.1) is 0 Å². The molecule has 8 heteroatoms. The van der Waals surface area contributed by atoms with Gasteiger partial charge >= 0.3 is 0 Å². The van der Waals surface area contributed by atoms with Gasteiger partial charge in [0.1, 0.15) is 18.1 Å². The van der Waals surface area contributed by atoms with E-state index in [0.29, 0.717) is 35.9 Å². The van der Waals surface area contributed by atoms with Gasteiger partial charge in [-0.25, -0.2) is 0 Å². The minimum atomic E-state index is -0.197. The van der Waals surface area contributed by atoms with Crippen molar-refractivity contribution in [3.8, 4) is 5.75 Å². The van der Waals surface area contributed by atoms with Gasteiger partial charge in [0, 0.05) is 29.6 Å². The van der Waals surface area contributed by atoms with E-state index in [1.54, 1.807) is 48.7 Å². The molecule has 8 nitrogen and oxygen atoms in total. The highest BCUT2D eigenvalue weighted by atomic mass is 16.5. The van der Waals surface area contributed by atoms with Crippen molar-refractivity contribution < 1.29 is 23.5 Å². The van der Waals surface area contributed by atoms with Crippen LogP contribution < -0.4 is 20.7 Å². The zero-order chi connectivity index (χ0) is 22.9. The van der Waals surface area contributed by atoms with E-state index >= 15 is 0 Å². The predicted molar refractivity (Wildman–Crippen MR) is 124 cm³/mol. The van der Waals surface area contributed by atoms with Gasteiger partial charge in [0.15, 0.2) is 0 Å². The molecular weight excluding hydrogens is 422 g/mol. The predicted octanol–water partition coefficient (Wildman–Crippen LogP) is 3.82. The van der Waals surface area contributed by atoms with Crippen LogP contribution in [0.3, 0.4) is 0 Å². The van der Waals surface area contributed by atoms with E-state index in [9.17, 15) is 9.59 Å². The average Bonchev–Trinajstić information content (AvgIpc) is 3.55. The third-order valence-corrected chi connectivity index (χ3v) is 5.18. The second-order valence-corrected chi connectivity index (χ2v) is 7.71. The molecule has 172 valence electrons. The minimum absolute atomic E-state index is 0.0883. The van der Waals surface area contributed by atoms with Crippen LogP contribution in [-0.2, 0) is 16.1 Å². The van der Waals surface area contributed by atoms with Gasteiger partial charge in [-0.05, 0) is 61.4 Å². The first-order chi connectivity index (χ1) is 16.2. The summed E-state index contributed by atoms with van der Waals surface area (Å²) in [6.45, 7) is 1.71. The van der Waals surface area contributed by atoms with E-state index in [2.05, 4.69) is 16.0 Å². The monoisotopic (exact) mass is 449 g/mol. The minimum Gasteiger partial charge on any atom is -0.491 e. The highest BCUT2D eigenvalue weighted by Gasteiger charge is 2.16. The second kappa shape index (κ2) is 11.2. The Balaban J connectivity index is 1.20. The molecule has 0 aliphatic carbocycles. The number of furan rings is 1. The van der Waals surface area contributed by atoms with Crippen LogP contribution >= 0.6 is 0 Å². The highest BCUT2D eigenvalue weighted by molar-refractivity contribution is 5.95. The molecule has 0 radical (unpaired) electrons. The molecule has 1 atom stereocenters. The van der Waals surface area contributed by atoms with Gasteiger partial charge < -0.3 is 29.8 Å². The molecule has 1 aliphatic rings. The van der Waals surface area contributed by atoms with Crippen molar-refractivity contribution >= 4 is 23.2 Å². The number of ether oxygens (including phenoxy) is 2. The van der Waals surface area contributed by atoms with Crippen LogP contribution in [0.5, 0.6) is 5.75 Å². The van der Waals surface area contributed by atoms with Gasteiger partial charge in [0.25, 0.3) is 5.91 Å². The molecule has 1 aromatic heterocycles. The standard InChI is InChI=1S/C25H27N3O5/c29-24(28-20-4-1-5-21(14-20)33-17-23-7-3-13-32-23)16-26-19-10-8-18(9-11-19)25(30)27-15-22-6-2-12-31-22/h1-2,4-6,8-12,14,23,26H,3,7,13,15-17H2,(H,27,30)(H,28,29). The van der Waals surface area contributed by atoms with Crippen LogP contribution in [0.25, 0.3) is 0 Å². The molecule has 33 heavy (non-hydrogen) atoms. The zero-order valence-corrected chi connectivity index (χ0v) is 18.2. The molecule has 3 aromatic rings. The number of carbonyl (C=O) groups excluding carboxylic acids is 2. The van der Waals surface area contributed by atoms with Crippen LogP contribution in [-0.4, -0.2) is 37.7 Å². The summed E-state index contributed by atoms with van der Waals surface area (Å²) in [7, 11) is 0. The third kappa shape index (κ3) is 6.85. The number of amides is 2. The van der Waals surface area contributed by atoms with Crippen molar-refractivity contribution in [3.05, 3.63) is 78.3 Å². The summed E-state index contributed by atoms with van der Waals surface area (Å²) in [5, 5.41) is 8.70. The Morgan fingerprint density at radius 2 is 1.91 bits per heavy atom. The molecule has 3 N–H and O–H groups in total. The quantitative estimate of drug-likeness (QED) is 0.435. The van der Waals surface area contributed by atoms with E-state index < -0.39 is 0 Å². The first kappa shape index (κ1) is 22.4. The molecular formula is C25H27N3O5. The van der Waals surface area contributed by atoms with Crippen molar-refractivity contribution in [3.63, 3.8) is 0 Å². The Hall–Kier alpha value is -3.78. The number of hydrogen-bond donors (Lipinski definition) is 3. The summed E-state index contributed by atoms with van der Waals surface area (Å²) < 4.78 is 16.5. The van der Waals surface area contributed by atoms with Gasteiger partial charge in [-0.1, -0.05) is 6.07 Å². The van der Waals surface area contributed by atoms with E-state index in [-0.39, 0.29) is 24.5 Å². The number of rotatable bonds is 10. The van der Waals surface area contributed by atoms with Gasteiger partial charge in [0.05, 0.1) is 25.5 Å². The largest absolute Gasteiger partial charge is 0.491 e. The van der Waals surface area contributed by atoms with Gasteiger partial charge in [-0.3, -0.25) is 9.59 Å². The molecule has 1 aliphatic heterocycles. The number of benzene rings is 2. The summed E-state index contributed by atoms with van der Waals surface area (Å²) in [6, 6.07) is 17.8. The molecule has 1 fully saturated rings. The molecule has 4 rings (SSSR count). The summed E-state index contributed by atoms with van der Waals surface area (Å²) in [5.74, 6) is 0.994. The highest BCUT2D eigenvalue weighted by Crippen LogP contribution is 2.20. The number of nitrogens with one attached hydrogen (secondary N) is 3. The first-order valence-corrected chi connectivity index (χ1v) is 10.9. The van der Waals surface area contributed by atoms with Crippen molar-refractivity contribution in [1.29, 1.82) is 0 Å². The molecule has 1 unspecified atom stereocenters. The molecule has 0 spiro atoms. The smallest absolute Gasteiger partial charge is 0.251 e. The Labute approximate surface area is 192 Å². The van der Waals surface area contributed by atoms with Crippen LogP contribution in [0.1, 0.15) is 29.0 Å². The average molecular weight is 450 g/mol. The van der Waals surface area contributed by atoms with Crippen molar-refractivity contribution in [2.24, 2.45) is 0 Å². The van der Waals surface area contributed by atoms with E-state index in [4.69, 9.17) is 13.9 Å². The molecule has 2 aromatic carbocycles. The summed E-state index contributed by atoms with van der Waals surface area (Å²) in [6.07, 6.45) is 3.79. The van der Waals surface area contributed by atoms with Crippen molar-refractivity contribution in [2.45, 2.75) is 25.5 Å². The lowest BCUT2D eigenvalue weighted by molar-refractivity contribution is -0.114. The normalized spacial score (nSPS) is 15.1. The van der Waals surface area contributed by atoms with E-state index in [1.807, 2.05) is 18.2 Å². The first-order valence-electron chi connectivity index (χ1n) is 10.9. The van der Waals surface area contributed by atoms with Crippen LogP contribution in [0.4, 0.5) is 11.4 Å². The summed E-state index contributed by atoms with van der Waals surface area (Å²) in [5.41, 5.74) is 1.92. The van der Waals surface area contributed by atoms with Crippen molar-refractivity contribution in [2.75, 3.05) is 30.4 Å². The molecule has 1 saturated heterocycles. The Kier molecular flexibility index (Phi) is 7.60. The fourth-order valence-corrected chi connectivity index (χ4v) is 3.44. The number of carbonyl (C=O) groups is 2. The molecule has 0 bridgehead atoms. The van der Waals surface area contributed by atoms with E-state index in [0.717, 1.165) is 25.1 Å². The zero-order valence-electron chi connectivity index (χ0n) is 18.2. The SMILES string of the molecule is O=C(CNc1ccc(C(=O)NCc2ccco2)cc1)Nc1cccc(OCC2CCCO2)c1. The summed E-state index contributed by atoms with van der Waals surface area (Å²) in [4.78, 5) is 24.5. The maximum absolute atomic E-state index is 12.3. The van der Waals surface area contributed by atoms with Crippen LogP contribution in [0, 0.1) is 0 Å². The lowest BCUT2D eigenvalue weighted by Crippen LogP contribution is -2.23. The summed E-state index contributed by atoms with van der Waals surface area (Å²) >= 11 is 0. The molecule has 2 amide bonds. The number of anilines is 2. The Bertz CT molecular complexity index is 1040. The maximum Gasteiger partial charge on any atom is 0.251 e. The van der Waals surface area contributed by atoms with Crippen LogP contribution in [0.2, 0.25) is 0 Å². The fraction of sp³-hybridized carbons (Fsp3) is 0.280. The lowest BCUT2D eigenvalue weighted by Gasteiger charge is -2.13. The van der Waals surface area contributed by atoms with Crippen LogP contribution in [0.15, 0.2) is 71.3 Å². The maximum atomic E-state index is 12.3. The van der Waals surface area contributed by atoms with Crippen molar-refractivity contribution in [1.82, 2.24) is 5.32 Å². The van der Waals surface area contributed by atoms with Gasteiger partial charge in [0.2, 0.25) is 5.91 Å². The lowest BCUT2D eigenvalue weighted by atomic mass is 10.2. The fourth-order valence-electron chi connectivity index (χ4n) is 3.44. The molecule has 2 heterocycles. The second-order valence-electron chi connectivity index (χ2n) is 7.71. The third-order valence-electron chi connectivity index (χ3n) is 5.18. The number of hydrogen-bond acceptors (Lipinski definition) is 6. The topological polar surface area (TPSA) is 102 Å². The molecule has 0 saturated carbocycles.